The molecule has 136 valence electrons. The van der Waals surface area contributed by atoms with Crippen LogP contribution in [0.3, 0.4) is 0 Å². The average molecular weight is 377 g/mol. The lowest BCUT2D eigenvalue weighted by atomic mass is 10.1. The van der Waals surface area contributed by atoms with E-state index in [-0.39, 0.29) is 24.2 Å². The summed E-state index contributed by atoms with van der Waals surface area (Å²) in [6.45, 7) is 2.37. The van der Waals surface area contributed by atoms with Crippen molar-refractivity contribution in [2.45, 2.75) is 13.3 Å². The van der Waals surface area contributed by atoms with Gasteiger partial charge in [0.15, 0.2) is 0 Å². The highest BCUT2D eigenvalue weighted by Crippen LogP contribution is 2.27. The Hall–Kier alpha value is -2.99. The Kier molecular flexibility index (Phi) is 4.73. The molecule has 3 aromatic rings. The molecule has 1 aromatic heterocycles. The van der Waals surface area contributed by atoms with Crippen LogP contribution in [0.4, 0.5) is 11.4 Å². The van der Waals surface area contributed by atoms with E-state index in [9.17, 15) is 9.59 Å². The third kappa shape index (κ3) is 3.75. The molecule has 2 heterocycles. The van der Waals surface area contributed by atoms with Gasteiger partial charge in [-0.1, -0.05) is 30.3 Å². The molecule has 2 aromatic carbocycles. The summed E-state index contributed by atoms with van der Waals surface area (Å²) in [4.78, 5) is 31.2. The second-order valence-electron chi connectivity index (χ2n) is 6.56. The van der Waals surface area contributed by atoms with Gasteiger partial charge in [-0.25, -0.2) is 4.98 Å². The first kappa shape index (κ1) is 17.4. The van der Waals surface area contributed by atoms with Gasteiger partial charge in [0.05, 0.1) is 16.6 Å². The third-order valence-electron chi connectivity index (χ3n) is 4.61. The topological polar surface area (TPSA) is 62.3 Å². The van der Waals surface area contributed by atoms with Gasteiger partial charge in [0.1, 0.15) is 0 Å². The maximum atomic E-state index is 12.7. The minimum Gasteiger partial charge on any atom is -0.326 e. The zero-order valence-corrected chi connectivity index (χ0v) is 15.7. The van der Waals surface area contributed by atoms with Crippen molar-refractivity contribution >= 4 is 34.5 Å². The molecule has 5 nitrogen and oxygen atoms in total. The highest BCUT2D eigenvalue weighted by molar-refractivity contribution is 7.09. The van der Waals surface area contributed by atoms with E-state index in [1.54, 1.807) is 16.2 Å². The number of hydrogen-bond acceptors (Lipinski definition) is 4. The average Bonchev–Trinajstić information content (AvgIpc) is 3.29. The zero-order valence-electron chi connectivity index (χ0n) is 14.9. The predicted molar refractivity (Wildman–Crippen MR) is 108 cm³/mol. The van der Waals surface area contributed by atoms with Crippen LogP contribution in [0.5, 0.6) is 0 Å². The van der Waals surface area contributed by atoms with Gasteiger partial charge in [0.2, 0.25) is 11.8 Å². The molecular formula is C21H19N3O2S. The van der Waals surface area contributed by atoms with E-state index in [1.807, 2.05) is 66.9 Å². The van der Waals surface area contributed by atoms with Crippen molar-refractivity contribution in [2.75, 3.05) is 16.8 Å². The Labute approximate surface area is 161 Å². The second-order valence-corrected chi connectivity index (χ2v) is 7.62. The van der Waals surface area contributed by atoms with E-state index in [0.29, 0.717) is 12.2 Å². The van der Waals surface area contributed by atoms with Gasteiger partial charge < -0.3 is 10.2 Å². The largest absolute Gasteiger partial charge is 0.326 e. The van der Waals surface area contributed by atoms with Gasteiger partial charge in [-0.15, -0.1) is 11.3 Å². The number of benzene rings is 2. The predicted octanol–water partition coefficient (Wildman–Crippen LogP) is 4.11. The van der Waals surface area contributed by atoms with Crippen LogP contribution in [0.1, 0.15) is 11.4 Å². The number of amides is 2. The summed E-state index contributed by atoms with van der Waals surface area (Å²) in [5.74, 6) is -0.510. The maximum absolute atomic E-state index is 12.7. The number of rotatable bonds is 4. The van der Waals surface area contributed by atoms with Crippen LogP contribution >= 0.6 is 11.3 Å². The third-order valence-corrected chi connectivity index (χ3v) is 5.38. The number of nitrogens with one attached hydrogen (secondary N) is 1. The highest BCUT2D eigenvalue weighted by Gasteiger charge is 2.35. The molecule has 0 aliphatic carbocycles. The number of anilines is 2. The molecule has 1 aliphatic rings. The Bertz CT molecular complexity index is 984. The first-order valence-electron chi connectivity index (χ1n) is 8.79. The number of para-hydroxylation sites is 1. The summed E-state index contributed by atoms with van der Waals surface area (Å²) >= 11 is 1.60. The summed E-state index contributed by atoms with van der Waals surface area (Å²) in [7, 11) is 0. The van der Waals surface area contributed by atoms with Gasteiger partial charge in [0.25, 0.3) is 0 Å². The molecule has 1 unspecified atom stereocenters. The molecule has 1 atom stereocenters. The van der Waals surface area contributed by atoms with Gasteiger partial charge in [-0.2, -0.15) is 0 Å². The van der Waals surface area contributed by atoms with Gasteiger partial charge >= 0.3 is 0 Å². The Balaban J connectivity index is 1.46. The molecule has 1 fully saturated rings. The quantitative estimate of drug-likeness (QED) is 0.744. The fourth-order valence-corrected chi connectivity index (χ4v) is 3.86. The molecule has 0 saturated carbocycles. The molecule has 4 rings (SSSR count). The number of hydrogen-bond donors (Lipinski definition) is 1. The summed E-state index contributed by atoms with van der Waals surface area (Å²) in [5, 5.41) is 5.96. The number of thiazole rings is 1. The van der Waals surface area contributed by atoms with E-state index in [1.165, 1.54) is 0 Å². The Morgan fingerprint density at radius 3 is 2.74 bits per heavy atom. The van der Waals surface area contributed by atoms with Crippen LogP contribution in [0.25, 0.3) is 11.3 Å². The van der Waals surface area contributed by atoms with Crippen LogP contribution in [-0.4, -0.2) is 23.3 Å². The smallest absolute Gasteiger partial charge is 0.229 e. The number of aromatic nitrogens is 1. The van der Waals surface area contributed by atoms with Crippen LogP contribution < -0.4 is 10.2 Å². The zero-order chi connectivity index (χ0) is 18.8. The number of carbonyl (C=O) groups is 2. The van der Waals surface area contributed by atoms with Crippen molar-refractivity contribution in [1.82, 2.24) is 4.98 Å². The standard InChI is InChI=1S/C21H19N3O2S/c1-14-22-19(13-27-14)15-6-5-7-17(10-15)23-21(26)16-11-20(25)24(12-16)18-8-3-2-4-9-18/h2-10,13,16H,11-12H2,1H3,(H,23,26). The first-order chi connectivity index (χ1) is 13.1. The fraction of sp³-hybridized carbons (Fsp3) is 0.190. The molecule has 0 spiro atoms. The summed E-state index contributed by atoms with van der Waals surface area (Å²) in [5.41, 5.74) is 3.41. The molecule has 1 aliphatic heterocycles. The lowest BCUT2D eigenvalue weighted by molar-refractivity contribution is -0.122. The molecule has 6 heteroatoms. The maximum Gasteiger partial charge on any atom is 0.229 e. The van der Waals surface area contributed by atoms with E-state index in [2.05, 4.69) is 10.3 Å². The molecule has 1 N–H and O–H groups in total. The number of nitrogens with zero attached hydrogens (tertiary/aromatic N) is 2. The molecular weight excluding hydrogens is 358 g/mol. The highest BCUT2D eigenvalue weighted by atomic mass is 32.1. The second kappa shape index (κ2) is 7.32. The van der Waals surface area contributed by atoms with Crippen LogP contribution in [0.15, 0.2) is 60.0 Å². The van der Waals surface area contributed by atoms with Crippen molar-refractivity contribution in [3.63, 3.8) is 0 Å². The Morgan fingerprint density at radius 2 is 2.00 bits per heavy atom. The van der Waals surface area contributed by atoms with Crippen molar-refractivity contribution in [3.8, 4) is 11.3 Å². The van der Waals surface area contributed by atoms with Crippen molar-refractivity contribution in [3.05, 3.63) is 65.0 Å². The van der Waals surface area contributed by atoms with E-state index >= 15 is 0 Å². The van der Waals surface area contributed by atoms with Crippen LogP contribution in [-0.2, 0) is 9.59 Å². The molecule has 1 saturated heterocycles. The van der Waals surface area contributed by atoms with Gasteiger partial charge in [0, 0.05) is 35.3 Å². The molecule has 0 radical (unpaired) electrons. The van der Waals surface area contributed by atoms with Crippen molar-refractivity contribution < 1.29 is 9.59 Å². The van der Waals surface area contributed by atoms with Crippen LogP contribution in [0.2, 0.25) is 0 Å². The lowest BCUT2D eigenvalue weighted by Gasteiger charge is -2.16. The van der Waals surface area contributed by atoms with Crippen LogP contribution in [0, 0.1) is 12.8 Å². The van der Waals surface area contributed by atoms with Crippen molar-refractivity contribution in [1.29, 1.82) is 0 Å². The number of aryl methyl sites for hydroxylation is 1. The SMILES string of the molecule is Cc1nc(-c2cccc(NC(=O)C3CC(=O)N(c4ccccc4)C3)c2)cs1. The summed E-state index contributed by atoms with van der Waals surface area (Å²) in [6, 6.07) is 17.1. The normalized spacial score (nSPS) is 16.6. The molecule has 2 amide bonds. The minimum absolute atomic E-state index is 0.0203. The van der Waals surface area contributed by atoms with Crippen molar-refractivity contribution in [2.24, 2.45) is 5.92 Å². The van der Waals surface area contributed by atoms with E-state index < -0.39 is 0 Å². The first-order valence-corrected chi connectivity index (χ1v) is 9.67. The van der Waals surface area contributed by atoms with E-state index in [4.69, 9.17) is 0 Å². The van der Waals surface area contributed by atoms with Gasteiger partial charge in [-0.3, -0.25) is 9.59 Å². The number of carbonyl (C=O) groups excluding carboxylic acids is 2. The summed E-state index contributed by atoms with van der Waals surface area (Å²) in [6.07, 6.45) is 0.228. The molecule has 27 heavy (non-hydrogen) atoms. The monoisotopic (exact) mass is 377 g/mol. The summed E-state index contributed by atoms with van der Waals surface area (Å²) < 4.78 is 0. The minimum atomic E-state index is -0.358. The lowest BCUT2D eigenvalue weighted by Crippen LogP contribution is -2.28. The fourth-order valence-electron chi connectivity index (χ4n) is 3.24. The molecule has 0 bridgehead atoms. The van der Waals surface area contributed by atoms with Gasteiger partial charge in [-0.05, 0) is 31.2 Å². The van der Waals surface area contributed by atoms with E-state index in [0.717, 1.165) is 22.0 Å². The Morgan fingerprint density at radius 1 is 1.19 bits per heavy atom.